The molecule has 1 aromatic rings. The highest BCUT2D eigenvalue weighted by Crippen LogP contribution is 2.24. The Labute approximate surface area is 391 Å². The quantitative estimate of drug-likeness (QED) is 0.0402. The van der Waals surface area contributed by atoms with Crippen molar-refractivity contribution in [3.8, 4) is 5.75 Å². The van der Waals surface area contributed by atoms with Gasteiger partial charge in [-0.2, -0.15) is 0 Å². The molecule has 0 radical (unpaired) electrons. The number of phenols is 1. The number of guanidine groups is 1. The van der Waals surface area contributed by atoms with Gasteiger partial charge in [0.25, 0.3) is 0 Å². The number of nitrogens with two attached hydrogens (primary N) is 3. The molecule has 0 bridgehead atoms. The molecule has 0 aromatic heterocycles. The van der Waals surface area contributed by atoms with E-state index >= 15 is 0 Å². The molecule has 17 N–H and O–H groups in total. The van der Waals surface area contributed by atoms with Crippen LogP contribution < -0.4 is 54.4 Å². The fourth-order valence-corrected chi connectivity index (χ4v) is 8.92. The lowest BCUT2D eigenvalue weighted by Gasteiger charge is -2.31. The number of rotatable bonds is 12. The van der Waals surface area contributed by atoms with Crippen LogP contribution in [0.25, 0.3) is 0 Å². The first kappa shape index (κ1) is 54.9. The third-order valence-corrected chi connectivity index (χ3v) is 12.6. The van der Waals surface area contributed by atoms with Crippen molar-refractivity contribution in [1.29, 1.82) is 0 Å². The van der Waals surface area contributed by atoms with Gasteiger partial charge in [0.2, 0.25) is 47.3 Å². The number of phenolic OH excluding ortho intramolecular Hbond substituents is 1. The maximum atomic E-state index is 14.1. The summed E-state index contributed by atoms with van der Waals surface area (Å²) in [6, 6.07) is -6.26. The van der Waals surface area contributed by atoms with Crippen molar-refractivity contribution in [1.82, 2.24) is 42.1 Å². The third kappa shape index (κ3) is 18.1. The molecule has 0 unspecified atom stereocenters. The van der Waals surface area contributed by atoms with E-state index in [-0.39, 0.29) is 62.0 Å². The number of carboxylic acids is 2. The fraction of sp³-hybridized carbons (Fsp3) is 0.564. The molecule has 26 nitrogen and oxygen atoms in total. The SMILES string of the molecule is C[C@@H]1NC(=O)[C@H](CCCN=C(N)N)NC(=O)[C@H](CC(=O)O)NC(=O)[C@@H](N)CSSC[C@@H](C(=O)NCC(=O)O)NC(=O)[C@H](Cc2ccc(O)cc2)NC(=O)[C@@H]2CCCN2C(=O)[C@H]([C@@H](C)O)NC1=O. The van der Waals surface area contributed by atoms with E-state index in [9.17, 15) is 68.4 Å². The molecule has 0 spiro atoms. The number of aliphatic imine (C=N–C) groups is 1. The molecule has 2 aliphatic heterocycles. The lowest BCUT2D eigenvalue weighted by Crippen LogP contribution is -2.61. The van der Waals surface area contributed by atoms with Crippen molar-refractivity contribution in [3.05, 3.63) is 29.8 Å². The molecule has 3 rings (SSSR count). The Bertz CT molecular complexity index is 2010. The van der Waals surface area contributed by atoms with Crippen LogP contribution in [-0.4, -0.2) is 176 Å². The number of fused-ring (bicyclic) bond motifs is 1. The molecule has 0 aliphatic carbocycles. The number of hydrogen-bond acceptors (Lipinski definition) is 16. The Kier molecular flexibility index (Phi) is 21.9. The van der Waals surface area contributed by atoms with Crippen LogP contribution in [0.1, 0.15) is 51.5 Å². The largest absolute Gasteiger partial charge is 0.508 e. The summed E-state index contributed by atoms with van der Waals surface area (Å²) in [4.78, 5) is 137. The van der Waals surface area contributed by atoms with Gasteiger partial charge in [0.1, 0.15) is 54.6 Å². The van der Waals surface area contributed by atoms with Gasteiger partial charge in [-0.15, -0.1) is 0 Å². The summed E-state index contributed by atoms with van der Waals surface area (Å²) < 4.78 is 0. The summed E-state index contributed by atoms with van der Waals surface area (Å²) in [7, 11) is 1.85. The number of benzene rings is 1. The average Bonchev–Trinajstić information content (AvgIpc) is 3.76. The molecule has 2 fully saturated rings. The van der Waals surface area contributed by atoms with Crippen molar-refractivity contribution >= 4 is 86.7 Å². The van der Waals surface area contributed by atoms with Gasteiger partial charge < -0.3 is 79.7 Å². The van der Waals surface area contributed by atoms with Crippen molar-refractivity contribution in [2.24, 2.45) is 22.2 Å². The van der Waals surface area contributed by atoms with Gasteiger partial charge in [-0.25, -0.2) is 0 Å². The van der Waals surface area contributed by atoms with E-state index in [1.807, 2.05) is 0 Å². The molecular formula is C39H58N12O14S2. The van der Waals surface area contributed by atoms with Crippen LogP contribution >= 0.6 is 21.6 Å². The van der Waals surface area contributed by atoms with Crippen LogP contribution in [0.3, 0.4) is 0 Å². The summed E-state index contributed by atoms with van der Waals surface area (Å²) in [5.74, 6) is -11.3. The number of carbonyl (C=O) groups excluding carboxylic acids is 8. The minimum absolute atomic E-state index is 0.00789. The number of aromatic hydroxyl groups is 1. The monoisotopic (exact) mass is 982 g/mol. The first-order valence-electron chi connectivity index (χ1n) is 20.9. The van der Waals surface area contributed by atoms with Crippen LogP contribution in [0, 0.1) is 0 Å². The number of carboxylic acid groups (broad SMARTS) is 2. The normalized spacial score (nSPS) is 26.0. The highest BCUT2D eigenvalue weighted by Gasteiger charge is 2.41. The molecule has 2 heterocycles. The van der Waals surface area contributed by atoms with Crippen LogP contribution in [0.5, 0.6) is 5.75 Å². The Morgan fingerprint density at radius 1 is 0.821 bits per heavy atom. The molecule has 2 saturated heterocycles. The maximum absolute atomic E-state index is 14.1. The second-order valence-corrected chi connectivity index (χ2v) is 18.1. The first-order chi connectivity index (χ1) is 31.6. The standard InChI is InChI=1S/C39H58N12O14S2/c1-18-31(58)50-30(19(2)52)38(65)51-12-4-6-27(51)37(64)48-24(13-20-7-9-21(53)10-8-20)35(62)49-26(33(60)44-15-29(56)57)17-67-66-16-22(40)32(59)47-25(14-28(54)55)36(63)46-23(34(61)45-18)5-3-11-43-39(41)42/h7-10,18-19,22-27,30,52-53H,3-6,11-17,40H2,1-2H3,(H,44,60)(H,45,61)(H,46,63)(H,47,59)(H,48,64)(H,49,62)(H,50,58)(H,54,55)(H,56,57)(H4,41,42,43)/t18-,19+,22-,23-,24-,25-,26-,27-,30-/m0/s1. The number of aliphatic hydroxyl groups excluding tert-OH is 1. The van der Waals surface area contributed by atoms with Crippen LogP contribution in [-0.2, 0) is 54.4 Å². The zero-order valence-electron chi connectivity index (χ0n) is 36.6. The second-order valence-electron chi connectivity index (χ2n) is 15.6. The van der Waals surface area contributed by atoms with Crippen LogP contribution in [0.4, 0.5) is 0 Å². The van der Waals surface area contributed by atoms with Gasteiger partial charge in [-0.05, 0) is 57.2 Å². The summed E-state index contributed by atoms with van der Waals surface area (Å²) >= 11 is 0. The summed E-state index contributed by atoms with van der Waals surface area (Å²) in [6.45, 7) is 1.60. The van der Waals surface area contributed by atoms with E-state index in [2.05, 4.69) is 42.2 Å². The predicted octanol–water partition coefficient (Wildman–Crippen LogP) is -5.31. The smallest absolute Gasteiger partial charge is 0.322 e. The summed E-state index contributed by atoms with van der Waals surface area (Å²) in [5.41, 5.74) is 17.3. The Hall–Kier alpha value is -6.39. The maximum Gasteiger partial charge on any atom is 0.322 e. The zero-order valence-corrected chi connectivity index (χ0v) is 38.2. The molecule has 67 heavy (non-hydrogen) atoms. The third-order valence-electron chi connectivity index (χ3n) is 10.2. The topological polar surface area (TPSA) is 429 Å². The van der Waals surface area contributed by atoms with Crippen molar-refractivity contribution < 1.29 is 68.4 Å². The number of amides is 8. The molecule has 370 valence electrons. The van der Waals surface area contributed by atoms with Crippen molar-refractivity contribution in [3.63, 3.8) is 0 Å². The van der Waals surface area contributed by atoms with E-state index in [0.717, 1.165) is 26.5 Å². The molecular weight excluding hydrogens is 925 g/mol. The average molecular weight is 983 g/mol. The Morgan fingerprint density at radius 2 is 1.43 bits per heavy atom. The number of nitrogens with zero attached hydrogens (tertiary/aromatic N) is 2. The summed E-state index contributed by atoms with van der Waals surface area (Å²) in [6.07, 6.45) is -2.41. The van der Waals surface area contributed by atoms with Gasteiger partial charge in [0, 0.05) is 31.0 Å². The molecule has 1 aromatic carbocycles. The van der Waals surface area contributed by atoms with Crippen molar-refractivity contribution in [2.75, 3.05) is 31.1 Å². The highest BCUT2D eigenvalue weighted by atomic mass is 33.1. The molecule has 0 saturated carbocycles. The minimum Gasteiger partial charge on any atom is -0.508 e. The number of aliphatic carboxylic acids is 2. The number of nitrogens with one attached hydrogen (secondary N) is 7. The number of carbonyl (C=O) groups is 10. The molecule has 2 aliphatic rings. The van der Waals surface area contributed by atoms with E-state index in [1.165, 1.54) is 38.1 Å². The lowest BCUT2D eigenvalue weighted by molar-refractivity contribution is -0.144. The fourth-order valence-electron chi connectivity index (χ4n) is 6.63. The lowest BCUT2D eigenvalue weighted by atomic mass is 10.0. The van der Waals surface area contributed by atoms with Gasteiger partial charge in [0.05, 0.1) is 18.6 Å². The van der Waals surface area contributed by atoms with E-state index in [1.54, 1.807) is 0 Å². The Morgan fingerprint density at radius 3 is 2.06 bits per heavy atom. The van der Waals surface area contributed by atoms with Gasteiger partial charge in [-0.3, -0.25) is 52.9 Å². The van der Waals surface area contributed by atoms with Crippen LogP contribution in [0.15, 0.2) is 29.3 Å². The minimum atomic E-state index is -1.78. The molecule has 8 amide bonds. The summed E-state index contributed by atoms with van der Waals surface area (Å²) in [5, 5.41) is 56.2. The van der Waals surface area contributed by atoms with E-state index in [4.69, 9.17) is 17.2 Å². The number of hydrogen-bond donors (Lipinski definition) is 14. The van der Waals surface area contributed by atoms with Crippen molar-refractivity contribution in [2.45, 2.75) is 107 Å². The predicted molar refractivity (Wildman–Crippen MR) is 241 cm³/mol. The van der Waals surface area contributed by atoms with Crippen LogP contribution in [0.2, 0.25) is 0 Å². The Balaban J connectivity index is 2.05. The van der Waals surface area contributed by atoms with E-state index < -0.39 is 127 Å². The molecule has 9 atom stereocenters. The highest BCUT2D eigenvalue weighted by molar-refractivity contribution is 8.76. The zero-order chi connectivity index (χ0) is 50.0. The van der Waals surface area contributed by atoms with E-state index in [0.29, 0.717) is 12.0 Å². The van der Waals surface area contributed by atoms with Gasteiger partial charge in [0.15, 0.2) is 5.96 Å². The molecule has 28 heteroatoms. The van der Waals surface area contributed by atoms with Gasteiger partial charge >= 0.3 is 11.9 Å². The number of aliphatic hydroxyl groups is 1. The second kappa shape index (κ2) is 26.7. The first-order valence-corrected chi connectivity index (χ1v) is 23.4. The van der Waals surface area contributed by atoms with Gasteiger partial charge in [-0.1, -0.05) is 33.7 Å².